The average Bonchev–Trinajstić information content (AvgIpc) is 2.84. The van der Waals surface area contributed by atoms with Gasteiger partial charge in [-0.3, -0.25) is 14.4 Å². The van der Waals surface area contributed by atoms with Crippen LogP contribution in [0, 0.1) is 5.41 Å². The lowest BCUT2D eigenvalue weighted by Crippen LogP contribution is -2.57. The fourth-order valence-electron chi connectivity index (χ4n) is 3.53. The normalized spacial score (nSPS) is 11.9. The molecule has 34 heavy (non-hydrogen) atoms. The van der Waals surface area contributed by atoms with E-state index >= 15 is 0 Å². The topological polar surface area (TPSA) is 114 Å². The highest BCUT2D eigenvalue weighted by Crippen LogP contribution is 2.22. The molecular formula is C27H30N4O3. The van der Waals surface area contributed by atoms with Crippen LogP contribution >= 0.6 is 0 Å². The van der Waals surface area contributed by atoms with Crippen molar-refractivity contribution in [3.05, 3.63) is 84.6 Å². The van der Waals surface area contributed by atoms with Gasteiger partial charge in [0.2, 0.25) is 17.7 Å². The zero-order valence-corrected chi connectivity index (χ0v) is 19.5. The van der Waals surface area contributed by atoms with E-state index in [1.165, 1.54) is 20.0 Å². The van der Waals surface area contributed by atoms with Crippen molar-refractivity contribution in [1.82, 2.24) is 10.3 Å². The lowest BCUT2D eigenvalue weighted by atomic mass is 9.82. The smallest absolute Gasteiger partial charge is 0.249 e. The molecule has 7 nitrogen and oxygen atoms in total. The van der Waals surface area contributed by atoms with E-state index in [0.717, 1.165) is 16.7 Å². The summed E-state index contributed by atoms with van der Waals surface area (Å²) >= 11 is 0. The van der Waals surface area contributed by atoms with E-state index in [0.29, 0.717) is 18.7 Å². The van der Waals surface area contributed by atoms with Gasteiger partial charge in [-0.2, -0.15) is 0 Å². The number of carbonyl (C=O) groups excluding carboxylic acids is 3. The van der Waals surface area contributed by atoms with Gasteiger partial charge in [0.15, 0.2) is 0 Å². The van der Waals surface area contributed by atoms with E-state index in [-0.39, 0.29) is 12.3 Å². The molecule has 1 atom stereocenters. The second kappa shape index (κ2) is 11.2. The Morgan fingerprint density at radius 2 is 1.56 bits per heavy atom. The summed E-state index contributed by atoms with van der Waals surface area (Å²) < 4.78 is 0. The molecule has 0 radical (unpaired) electrons. The summed E-state index contributed by atoms with van der Waals surface area (Å²) in [5.74, 6) is -1.23. The van der Waals surface area contributed by atoms with Gasteiger partial charge in [0.05, 0.1) is 5.41 Å². The van der Waals surface area contributed by atoms with Crippen LogP contribution in [0.3, 0.4) is 0 Å². The number of pyridine rings is 1. The Morgan fingerprint density at radius 3 is 2.18 bits per heavy atom. The number of benzene rings is 2. The first-order valence-corrected chi connectivity index (χ1v) is 11.2. The molecule has 0 saturated heterocycles. The molecule has 176 valence electrons. The van der Waals surface area contributed by atoms with Crippen molar-refractivity contribution >= 4 is 23.5 Å². The predicted molar refractivity (Wildman–Crippen MR) is 133 cm³/mol. The maximum atomic E-state index is 12.9. The van der Waals surface area contributed by atoms with Gasteiger partial charge < -0.3 is 16.4 Å². The van der Waals surface area contributed by atoms with Crippen LogP contribution in [-0.4, -0.2) is 28.7 Å². The van der Waals surface area contributed by atoms with Gasteiger partial charge in [0, 0.05) is 12.6 Å². The van der Waals surface area contributed by atoms with Crippen molar-refractivity contribution in [1.29, 1.82) is 0 Å². The third kappa shape index (κ3) is 6.51. The SMILES string of the molecule is CC(C)(C(N)=O)C(NC(=O)CCCc1ccc(-c2ccccc2)cc1)C(=O)Nc1ccccn1. The van der Waals surface area contributed by atoms with Crippen molar-refractivity contribution in [2.24, 2.45) is 11.1 Å². The molecule has 0 aliphatic heterocycles. The third-order valence-corrected chi connectivity index (χ3v) is 5.77. The summed E-state index contributed by atoms with van der Waals surface area (Å²) in [7, 11) is 0. The number of carbonyl (C=O) groups is 3. The minimum atomic E-state index is -1.29. The number of rotatable bonds is 10. The first kappa shape index (κ1) is 24.6. The summed E-state index contributed by atoms with van der Waals surface area (Å²) in [5, 5.41) is 5.33. The Kier molecular flexibility index (Phi) is 8.14. The molecule has 1 unspecified atom stereocenters. The Labute approximate surface area is 199 Å². The molecule has 0 aliphatic carbocycles. The number of aromatic nitrogens is 1. The molecule has 3 aromatic rings. The number of aryl methyl sites for hydroxylation is 1. The molecule has 0 spiro atoms. The minimum absolute atomic E-state index is 0.211. The zero-order chi connectivity index (χ0) is 24.6. The van der Waals surface area contributed by atoms with Crippen molar-refractivity contribution in [3.8, 4) is 11.1 Å². The number of hydrogen-bond acceptors (Lipinski definition) is 4. The summed E-state index contributed by atoms with van der Waals surface area (Å²) in [4.78, 5) is 41.6. The van der Waals surface area contributed by atoms with Crippen LogP contribution in [-0.2, 0) is 20.8 Å². The van der Waals surface area contributed by atoms with Gasteiger partial charge in [-0.15, -0.1) is 0 Å². The third-order valence-electron chi connectivity index (χ3n) is 5.77. The Bertz CT molecular complexity index is 1110. The van der Waals surface area contributed by atoms with E-state index in [1.54, 1.807) is 18.2 Å². The highest BCUT2D eigenvalue weighted by atomic mass is 16.2. The molecule has 7 heteroatoms. The van der Waals surface area contributed by atoms with Gasteiger partial charge in [-0.05, 0) is 55.5 Å². The van der Waals surface area contributed by atoms with Crippen molar-refractivity contribution in [2.45, 2.75) is 39.2 Å². The van der Waals surface area contributed by atoms with Gasteiger partial charge >= 0.3 is 0 Å². The number of anilines is 1. The molecule has 2 aromatic carbocycles. The molecule has 1 heterocycles. The first-order chi connectivity index (χ1) is 16.3. The molecule has 3 rings (SSSR count). The molecule has 0 bridgehead atoms. The molecule has 0 fully saturated rings. The quantitative estimate of drug-likeness (QED) is 0.430. The summed E-state index contributed by atoms with van der Waals surface area (Å²) in [6, 6.07) is 22.3. The molecule has 4 N–H and O–H groups in total. The summed E-state index contributed by atoms with van der Waals surface area (Å²) in [6.45, 7) is 3.07. The van der Waals surface area contributed by atoms with Gasteiger partial charge in [-0.25, -0.2) is 4.98 Å². The van der Waals surface area contributed by atoms with Crippen molar-refractivity contribution < 1.29 is 14.4 Å². The molecule has 0 aliphatic rings. The second-order valence-electron chi connectivity index (χ2n) is 8.71. The molecular weight excluding hydrogens is 428 g/mol. The number of nitrogens with zero attached hydrogens (tertiary/aromatic N) is 1. The first-order valence-electron chi connectivity index (χ1n) is 11.2. The lowest BCUT2D eigenvalue weighted by Gasteiger charge is -2.31. The Hall–Kier alpha value is -4.00. The van der Waals surface area contributed by atoms with Crippen molar-refractivity contribution in [2.75, 3.05) is 5.32 Å². The minimum Gasteiger partial charge on any atom is -0.369 e. The second-order valence-corrected chi connectivity index (χ2v) is 8.71. The van der Waals surface area contributed by atoms with E-state index < -0.39 is 23.3 Å². The predicted octanol–water partition coefficient (Wildman–Crippen LogP) is 3.71. The number of nitrogens with one attached hydrogen (secondary N) is 2. The van der Waals surface area contributed by atoms with Gasteiger partial charge in [0.1, 0.15) is 11.9 Å². The number of hydrogen-bond donors (Lipinski definition) is 3. The number of primary amides is 1. The van der Waals surface area contributed by atoms with Crippen LogP contribution in [0.4, 0.5) is 5.82 Å². The largest absolute Gasteiger partial charge is 0.369 e. The number of amides is 3. The van der Waals surface area contributed by atoms with E-state index in [2.05, 4.69) is 52.0 Å². The molecule has 3 amide bonds. The maximum absolute atomic E-state index is 12.9. The van der Waals surface area contributed by atoms with Crippen LogP contribution < -0.4 is 16.4 Å². The average molecular weight is 459 g/mol. The van der Waals surface area contributed by atoms with Gasteiger partial charge in [0.25, 0.3) is 0 Å². The summed E-state index contributed by atoms with van der Waals surface area (Å²) in [5.41, 5.74) is 7.64. The van der Waals surface area contributed by atoms with Crippen LogP contribution in [0.1, 0.15) is 32.3 Å². The van der Waals surface area contributed by atoms with E-state index in [9.17, 15) is 14.4 Å². The van der Waals surface area contributed by atoms with Gasteiger partial charge in [-0.1, -0.05) is 60.7 Å². The maximum Gasteiger partial charge on any atom is 0.249 e. The zero-order valence-electron chi connectivity index (χ0n) is 19.5. The highest BCUT2D eigenvalue weighted by Gasteiger charge is 2.41. The highest BCUT2D eigenvalue weighted by molar-refractivity contribution is 6.01. The molecule has 1 aromatic heterocycles. The monoisotopic (exact) mass is 458 g/mol. The standard InChI is InChI=1S/C27H30N4O3/c1-27(2,26(28)34)24(25(33)30-22-12-6-7-18-29-22)31-23(32)13-8-9-19-14-16-21(17-15-19)20-10-4-3-5-11-20/h3-7,10-12,14-18,24H,8-9,13H2,1-2H3,(H2,28,34)(H,31,32)(H,29,30,33). The summed E-state index contributed by atoms with van der Waals surface area (Å²) in [6.07, 6.45) is 3.06. The number of nitrogens with two attached hydrogens (primary N) is 1. The lowest BCUT2D eigenvalue weighted by molar-refractivity contribution is -0.136. The van der Waals surface area contributed by atoms with Crippen LogP contribution in [0.25, 0.3) is 11.1 Å². The van der Waals surface area contributed by atoms with Crippen LogP contribution in [0.5, 0.6) is 0 Å². The van der Waals surface area contributed by atoms with Crippen molar-refractivity contribution in [3.63, 3.8) is 0 Å². The van der Waals surface area contributed by atoms with Crippen LogP contribution in [0.15, 0.2) is 79.0 Å². The Morgan fingerprint density at radius 1 is 0.912 bits per heavy atom. The van der Waals surface area contributed by atoms with Crippen LogP contribution in [0.2, 0.25) is 0 Å². The molecule has 0 saturated carbocycles. The fourth-order valence-corrected chi connectivity index (χ4v) is 3.53. The van der Waals surface area contributed by atoms with E-state index in [4.69, 9.17) is 5.73 Å². The van der Waals surface area contributed by atoms with E-state index in [1.807, 2.05) is 18.2 Å². The Balaban J connectivity index is 1.57. The fraction of sp³-hybridized carbons (Fsp3) is 0.259.